The van der Waals surface area contributed by atoms with E-state index in [9.17, 15) is 10.2 Å². The fourth-order valence-corrected chi connectivity index (χ4v) is 2.25. The van der Waals surface area contributed by atoms with Crippen molar-refractivity contribution in [3.63, 3.8) is 0 Å². The number of aliphatic hydroxyl groups is 2. The van der Waals surface area contributed by atoms with E-state index in [1.54, 1.807) is 0 Å². The van der Waals surface area contributed by atoms with Gasteiger partial charge < -0.3 is 14.8 Å². The van der Waals surface area contributed by atoms with Crippen LogP contribution in [0.5, 0.6) is 0 Å². The summed E-state index contributed by atoms with van der Waals surface area (Å²) in [5.74, 6) is 0. The highest BCUT2D eigenvalue weighted by Gasteiger charge is 2.20. The van der Waals surface area contributed by atoms with Gasteiger partial charge in [-0.3, -0.25) is 0 Å². The van der Waals surface area contributed by atoms with Gasteiger partial charge >= 0.3 is 0 Å². The number of aryl methyl sites for hydroxylation is 1. The van der Waals surface area contributed by atoms with Gasteiger partial charge in [-0.25, -0.2) is 0 Å². The molecule has 0 saturated carbocycles. The predicted octanol–water partition coefficient (Wildman–Crippen LogP) is 1.97. The smallest absolute Gasteiger partial charge is 0.108 e. The van der Waals surface area contributed by atoms with Crippen molar-refractivity contribution in [3.05, 3.63) is 36.0 Å². The van der Waals surface area contributed by atoms with Crippen LogP contribution in [0, 0.1) is 0 Å². The molecule has 0 bridgehead atoms. The first kappa shape index (κ1) is 11.6. The Kier molecular flexibility index (Phi) is 3.33. The van der Waals surface area contributed by atoms with Gasteiger partial charge in [0.15, 0.2) is 0 Å². The molecule has 2 atom stereocenters. The molecule has 2 N–H and O–H groups in total. The topological polar surface area (TPSA) is 45.4 Å². The van der Waals surface area contributed by atoms with Crippen molar-refractivity contribution < 1.29 is 10.2 Å². The van der Waals surface area contributed by atoms with Crippen LogP contribution in [-0.2, 0) is 7.05 Å². The number of aliphatic hydroxyl groups excluding tert-OH is 2. The van der Waals surface area contributed by atoms with Crippen molar-refractivity contribution in [2.45, 2.75) is 12.2 Å². The number of aromatic nitrogens is 1. The van der Waals surface area contributed by atoms with Gasteiger partial charge in [0.05, 0.1) is 6.10 Å². The van der Waals surface area contributed by atoms with Gasteiger partial charge in [0.25, 0.3) is 0 Å². The number of fused-ring (bicyclic) bond motifs is 1. The lowest BCUT2D eigenvalue weighted by Crippen LogP contribution is -2.19. The number of hydrogen-bond donors (Lipinski definition) is 2. The van der Waals surface area contributed by atoms with Crippen LogP contribution in [0.15, 0.2) is 30.5 Å². The third-order valence-corrected chi connectivity index (χ3v) is 3.43. The third kappa shape index (κ3) is 1.88. The average molecular weight is 284 g/mol. The molecule has 1 aromatic heterocycles. The minimum atomic E-state index is -0.856. The van der Waals surface area contributed by atoms with Crippen molar-refractivity contribution in [1.29, 1.82) is 0 Å². The Hall–Kier alpha value is -0.840. The molecule has 16 heavy (non-hydrogen) atoms. The maximum atomic E-state index is 10.0. The molecule has 3 nitrogen and oxygen atoms in total. The summed E-state index contributed by atoms with van der Waals surface area (Å²) in [5, 5.41) is 21.0. The molecule has 0 aliphatic carbocycles. The van der Waals surface area contributed by atoms with Crippen LogP contribution in [0.1, 0.15) is 11.7 Å². The van der Waals surface area contributed by atoms with E-state index >= 15 is 0 Å². The van der Waals surface area contributed by atoms with Gasteiger partial charge in [0.1, 0.15) is 6.10 Å². The molecule has 0 aliphatic heterocycles. The first-order valence-electron chi connectivity index (χ1n) is 5.11. The number of para-hydroxylation sites is 1. The van der Waals surface area contributed by atoms with E-state index in [0.29, 0.717) is 5.33 Å². The molecule has 0 aliphatic rings. The highest BCUT2D eigenvalue weighted by Crippen LogP contribution is 2.28. The van der Waals surface area contributed by atoms with E-state index in [2.05, 4.69) is 15.9 Å². The lowest BCUT2D eigenvalue weighted by molar-refractivity contribution is 0.0351. The fourth-order valence-electron chi connectivity index (χ4n) is 1.90. The number of halogens is 1. The van der Waals surface area contributed by atoms with E-state index in [1.165, 1.54) is 0 Å². The van der Waals surface area contributed by atoms with Gasteiger partial charge in [-0.1, -0.05) is 34.1 Å². The van der Waals surface area contributed by atoms with E-state index in [-0.39, 0.29) is 0 Å². The standard InChI is InChI=1S/C12H14BrNO2/c1-14-7-9(12(16)11(15)6-13)8-4-2-3-5-10(8)14/h2-5,7,11-12,15-16H,6H2,1H3. The minimum Gasteiger partial charge on any atom is -0.389 e. The molecule has 4 heteroatoms. The van der Waals surface area contributed by atoms with Crippen molar-refractivity contribution in [2.24, 2.45) is 7.05 Å². The Bertz CT molecular complexity index is 495. The number of alkyl halides is 1. The highest BCUT2D eigenvalue weighted by atomic mass is 79.9. The zero-order valence-corrected chi connectivity index (χ0v) is 10.6. The fraction of sp³-hybridized carbons (Fsp3) is 0.333. The zero-order valence-electron chi connectivity index (χ0n) is 8.97. The molecule has 1 heterocycles. The summed E-state index contributed by atoms with van der Waals surface area (Å²) in [7, 11) is 1.93. The summed E-state index contributed by atoms with van der Waals surface area (Å²) in [6, 6.07) is 7.83. The maximum absolute atomic E-state index is 10.0. The zero-order chi connectivity index (χ0) is 11.7. The van der Waals surface area contributed by atoms with Gasteiger partial charge in [-0.05, 0) is 6.07 Å². The van der Waals surface area contributed by atoms with Crippen molar-refractivity contribution in [1.82, 2.24) is 4.57 Å². The summed E-state index contributed by atoms with van der Waals surface area (Å²) >= 11 is 3.17. The summed E-state index contributed by atoms with van der Waals surface area (Å²) in [5.41, 5.74) is 1.82. The Labute approximate surface area is 102 Å². The van der Waals surface area contributed by atoms with E-state index in [4.69, 9.17) is 0 Å². The van der Waals surface area contributed by atoms with Crippen LogP contribution in [0.4, 0.5) is 0 Å². The van der Waals surface area contributed by atoms with Crippen molar-refractivity contribution in [2.75, 3.05) is 5.33 Å². The lowest BCUT2D eigenvalue weighted by Gasteiger charge is -2.14. The molecule has 86 valence electrons. The molecule has 0 saturated heterocycles. The molecule has 0 fully saturated rings. The van der Waals surface area contributed by atoms with E-state index in [1.807, 2.05) is 42.1 Å². The first-order valence-corrected chi connectivity index (χ1v) is 6.23. The first-order chi connectivity index (χ1) is 7.65. The molecule has 2 rings (SSSR count). The maximum Gasteiger partial charge on any atom is 0.108 e. The second-order valence-electron chi connectivity index (χ2n) is 3.88. The highest BCUT2D eigenvalue weighted by molar-refractivity contribution is 9.09. The second kappa shape index (κ2) is 4.57. The van der Waals surface area contributed by atoms with Crippen LogP contribution in [-0.4, -0.2) is 26.2 Å². The van der Waals surface area contributed by atoms with Crippen LogP contribution in [0.25, 0.3) is 10.9 Å². The predicted molar refractivity (Wildman–Crippen MR) is 67.7 cm³/mol. The quantitative estimate of drug-likeness (QED) is 0.846. The van der Waals surface area contributed by atoms with Gasteiger partial charge in [0, 0.05) is 35.0 Å². The number of benzene rings is 1. The van der Waals surface area contributed by atoms with Gasteiger partial charge in [0.2, 0.25) is 0 Å². The number of nitrogens with zero attached hydrogens (tertiary/aromatic N) is 1. The largest absolute Gasteiger partial charge is 0.389 e. The lowest BCUT2D eigenvalue weighted by atomic mass is 10.0. The molecule has 0 radical (unpaired) electrons. The van der Waals surface area contributed by atoms with E-state index < -0.39 is 12.2 Å². The Morgan fingerprint density at radius 3 is 2.69 bits per heavy atom. The SMILES string of the molecule is Cn1cc(C(O)C(O)CBr)c2ccccc21. The normalized spacial score (nSPS) is 15.2. The molecule has 0 amide bonds. The molecule has 1 aromatic carbocycles. The third-order valence-electron chi connectivity index (χ3n) is 2.77. The minimum absolute atomic E-state index is 0.359. The molecular formula is C12H14BrNO2. The Morgan fingerprint density at radius 1 is 1.31 bits per heavy atom. The summed E-state index contributed by atoms with van der Waals surface area (Å²) < 4.78 is 1.95. The molecule has 2 unspecified atom stereocenters. The van der Waals surface area contributed by atoms with Gasteiger partial charge in [-0.15, -0.1) is 0 Å². The average Bonchev–Trinajstić information content (AvgIpc) is 2.65. The van der Waals surface area contributed by atoms with Crippen molar-refractivity contribution in [3.8, 4) is 0 Å². The Balaban J connectivity index is 2.52. The number of rotatable bonds is 3. The van der Waals surface area contributed by atoms with Crippen LogP contribution >= 0.6 is 15.9 Å². The van der Waals surface area contributed by atoms with Crippen LogP contribution in [0.3, 0.4) is 0 Å². The Morgan fingerprint density at radius 2 is 2.00 bits per heavy atom. The molecule has 2 aromatic rings. The summed E-state index contributed by atoms with van der Waals surface area (Å²) in [6.07, 6.45) is 0.220. The summed E-state index contributed by atoms with van der Waals surface area (Å²) in [4.78, 5) is 0. The number of hydrogen-bond acceptors (Lipinski definition) is 2. The van der Waals surface area contributed by atoms with Crippen molar-refractivity contribution >= 4 is 26.8 Å². The second-order valence-corrected chi connectivity index (χ2v) is 4.53. The van der Waals surface area contributed by atoms with Crippen LogP contribution < -0.4 is 0 Å². The molecular weight excluding hydrogens is 270 g/mol. The monoisotopic (exact) mass is 283 g/mol. The van der Waals surface area contributed by atoms with E-state index in [0.717, 1.165) is 16.5 Å². The molecule has 0 spiro atoms. The van der Waals surface area contributed by atoms with Gasteiger partial charge in [-0.2, -0.15) is 0 Å². The van der Waals surface area contributed by atoms with Crippen LogP contribution in [0.2, 0.25) is 0 Å². The summed E-state index contributed by atoms with van der Waals surface area (Å²) in [6.45, 7) is 0.